The topological polar surface area (TPSA) is 59.0 Å². The number of rotatable bonds is 2. The van der Waals surface area contributed by atoms with Crippen LogP contribution in [0.2, 0.25) is 5.02 Å². The summed E-state index contributed by atoms with van der Waals surface area (Å²) in [6, 6.07) is 14.3. The average molecular weight is 401 g/mol. The first-order valence-corrected chi connectivity index (χ1v) is 9.98. The summed E-state index contributed by atoms with van der Waals surface area (Å²) in [4.78, 5) is 31.8. The molecule has 2 heterocycles. The monoisotopic (exact) mass is 400 g/mol. The Morgan fingerprint density at radius 2 is 1.96 bits per heavy atom. The molecule has 0 saturated carbocycles. The van der Waals surface area contributed by atoms with Gasteiger partial charge in [0.25, 0.3) is 5.91 Å². The van der Waals surface area contributed by atoms with Gasteiger partial charge in [-0.3, -0.25) is 14.7 Å². The Kier molecular flexibility index (Phi) is 4.93. The molecule has 0 bridgehead atoms. The summed E-state index contributed by atoms with van der Waals surface area (Å²) in [5.74, 6) is 0.0288. The molecule has 2 aliphatic heterocycles. The maximum Gasteiger partial charge on any atom is 0.339 e. The summed E-state index contributed by atoms with van der Waals surface area (Å²) in [6.07, 6.45) is -0.541. The van der Waals surface area contributed by atoms with Crippen molar-refractivity contribution in [2.75, 3.05) is 10.7 Å². The van der Waals surface area contributed by atoms with E-state index >= 15 is 0 Å². The number of thioether (sulfide) groups is 1. The van der Waals surface area contributed by atoms with Crippen LogP contribution in [0.5, 0.6) is 0 Å². The van der Waals surface area contributed by atoms with Crippen LogP contribution < -0.4 is 4.90 Å². The highest BCUT2D eigenvalue weighted by atomic mass is 35.5. The molecule has 0 fully saturated rings. The normalized spacial score (nSPS) is 21.3. The number of halogens is 1. The van der Waals surface area contributed by atoms with E-state index in [0.29, 0.717) is 27.9 Å². The third kappa shape index (κ3) is 3.59. The van der Waals surface area contributed by atoms with Gasteiger partial charge in [-0.05, 0) is 42.8 Å². The summed E-state index contributed by atoms with van der Waals surface area (Å²) in [7, 11) is 0. The first-order valence-electron chi connectivity index (χ1n) is 8.62. The molecule has 2 aromatic rings. The van der Waals surface area contributed by atoms with E-state index in [1.165, 1.54) is 16.7 Å². The van der Waals surface area contributed by atoms with Crippen molar-refractivity contribution in [3.05, 3.63) is 64.7 Å². The largest absolute Gasteiger partial charge is 0.448 e. The molecule has 138 valence electrons. The van der Waals surface area contributed by atoms with E-state index in [1.807, 2.05) is 19.1 Å². The highest BCUT2D eigenvalue weighted by molar-refractivity contribution is 8.14. The number of carbonyl (C=O) groups is 2. The highest BCUT2D eigenvalue weighted by Gasteiger charge is 2.37. The average Bonchev–Trinajstić information content (AvgIpc) is 3.09. The second kappa shape index (κ2) is 7.37. The van der Waals surface area contributed by atoms with Crippen LogP contribution in [-0.4, -0.2) is 34.9 Å². The zero-order valence-corrected chi connectivity index (χ0v) is 16.2. The summed E-state index contributed by atoms with van der Waals surface area (Å²) in [6.45, 7) is 2.00. The summed E-state index contributed by atoms with van der Waals surface area (Å²) < 4.78 is 5.47. The number of esters is 1. The van der Waals surface area contributed by atoms with E-state index in [0.717, 1.165) is 11.3 Å². The Morgan fingerprint density at radius 1 is 1.22 bits per heavy atom. The molecule has 2 aliphatic rings. The van der Waals surface area contributed by atoms with Crippen LogP contribution in [0, 0.1) is 0 Å². The number of carbonyl (C=O) groups excluding carboxylic acids is 2. The number of cyclic esters (lactones) is 1. The fourth-order valence-electron chi connectivity index (χ4n) is 3.12. The zero-order chi connectivity index (χ0) is 19.0. The number of nitrogens with zero attached hydrogens (tertiary/aromatic N) is 2. The quantitative estimate of drug-likeness (QED) is 0.716. The number of anilines is 1. The zero-order valence-electron chi connectivity index (χ0n) is 14.6. The third-order valence-electron chi connectivity index (χ3n) is 4.45. The predicted octanol–water partition coefficient (Wildman–Crippen LogP) is 3.95. The maximum atomic E-state index is 13.4. The molecule has 0 aromatic heterocycles. The summed E-state index contributed by atoms with van der Waals surface area (Å²) >= 11 is 7.51. The Bertz CT molecular complexity index is 929. The number of amidine groups is 1. The highest BCUT2D eigenvalue weighted by Crippen LogP contribution is 2.30. The van der Waals surface area contributed by atoms with Gasteiger partial charge in [0, 0.05) is 17.2 Å². The minimum absolute atomic E-state index is 0.127. The number of amides is 1. The molecule has 7 heteroatoms. The van der Waals surface area contributed by atoms with E-state index < -0.39 is 12.1 Å². The van der Waals surface area contributed by atoms with Crippen molar-refractivity contribution in [2.24, 2.45) is 4.99 Å². The van der Waals surface area contributed by atoms with Gasteiger partial charge >= 0.3 is 5.97 Å². The number of hydrogen-bond donors (Lipinski definition) is 0. The van der Waals surface area contributed by atoms with Crippen molar-refractivity contribution < 1.29 is 14.3 Å². The van der Waals surface area contributed by atoms with Gasteiger partial charge < -0.3 is 4.74 Å². The van der Waals surface area contributed by atoms with Gasteiger partial charge in [0.1, 0.15) is 0 Å². The minimum Gasteiger partial charge on any atom is -0.448 e. The molecule has 0 aliphatic carbocycles. The van der Waals surface area contributed by atoms with Gasteiger partial charge in [0.05, 0.1) is 17.3 Å². The lowest BCUT2D eigenvalue weighted by molar-refractivity contribution is -0.126. The molecule has 0 radical (unpaired) electrons. The van der Waals surface area contributed by atoms with Gasteiger partial charge in [-0.15, -0.1) is 0 Å². The predicted molar refractivity (Wildman–Crippen MR) is 108 cm³/mol. The third-order valence-corrected chi connectivity index (χ3v) is 5.90. The summed E-state index contributed by atoms with van der Waals surface area (Å²) in [5.41, 5.74) is 1.98. The molecule has 0 saturated heterocycles. The second-order valence-corrected chi connectivity index (χ2v) is 7.90. The Hall–Kier alpha value is -2.31. The van der Waals surface area contributed by atoms with Crippen LogP contribution in [0.4, 0.5) is 5.69 Å². The molecular formula is C20H17ClN2O3S. The first kappa shape index (κ1) is 18.1. The molecular weight excluding hydrogens is 384 g/mol. The molecule has 5 nitrogen and oxygen atoms in total. The van der Waals surface area contributed by atoms with Crippen molar-refractivity contribution >= 4 is 46.1 Å². The molecule has 0 N–H and O–H groups in total. The number of ether oxygens (including phenoxy) is 1. The maximum absolute atomic E-state index is 13.4. The first-order chi connectivity index (χ1) is 13.0. The summed E-state index contributed by atoms with van der Waals surface area (Å²) in [5, 5.41) is 1.20. The van der Waals surface area contributed by atoms with Crippen LogP contribution in [0.3, 0.4) is 0 Å². The van der Waals surface area contributed by atoms with Gasteiger partial charge in [0.15, 0.2) is 11.3 Å². The number of fused-ring (bicyclic) bond motifs is 1. The van der Waals surface area contributed by atoms with Crippen LogP contribution >= 0.6 is 23.4 Å². The number of aliphatic imine (C=N–C) groups is 1. The Morgan fingerprint density at radius 3 is 2.67 bits per heavy atom. The van der Waals surface area contributed by atoms with Crippen LogP contribution in [0.25, 0.3) is 0 Å². The molecule has 0 spiro atoms. The van der Waals surface area contributed by atoms with E-state index in [2.05, 4.69) is 4.99 Å². The van der Waals surface area contributed by atoms with E-state index in [4.69, 9.17) is 16.3 Å². The van der Waals surface area contributed by atoms with Crippen molar-refractivity contribution in [3.63, 3.8) is 0 Å². The fourth-order valence-corrected chi connectivity index (χ4v) is 4.29. The lowest BCUT2D eigenvalue weighted by Crippen LogP contribution is -2.46. The molecule has 4 rings (SSSR count). The van der Waals surface area contributed by atoms with Gasteiger partial charge in [-0.2, -0.15) is 0 Å². The SMILES string of the molecule is C[C@@H]1CSC(N(C(=O)[C@@H]2Cc3ccccc3C(=O)O2)c2ccc(Cl)cc2)=N1. The van der Waals surface area contributed by atoms with Crippen molar-refractivity contribution in [2.45, 2.75) is 25.5 Å². The minimum atomic E-state index is -0.887. The van der Waals surface area contributed by atoms with Gasteiger partial charge in [0.2, 0.25) is 0 Å². The van der Waals surface area contributed by atoms with Crippen LogP contribution in [-0.2, 0) is 16.0 Å². The molecule has 2 atom stereocenters. The van der Waals surface area contributed by atoms with E-state index in [9.17, 15) is 9.59 Å². The molecule has 0 unspecified atom stereocenters. The lowest BCUT2D eigenvalue weighted by atomic mass is 9.98. The van der Waals surface area contributed by atoms with Crippen molar-refractivity contribution in [3.8, 4) is 0 Å². The van der Waals surface area contributed by atoms with Gasteiger partial charge in [-0.1, -0.05) is 41.6 Å². The standard InChI is InChI=1S/C20H17ClN2O3S/c1-12-11-27-20(22-12)23(15-8-6-14(21)7-9-15)18(24)17-10-13-4-2-3-5-16(13)19(25)26-17/h2-9,12,17H,10-11H2,1H3/t12-,17+/m1/s1. The van der Waals surface area contributed by atoms with Crippen molar-refractivity contribution in [1.29, 1.82) is 0 Å². The number of hydrogen-bond acceptors (Lipinski definition) is 5. The van der Waals surface area contributed by atoms with Gasteiger partial charge in [-0.25, -0.2) is 4.79 Å². The molecule has 2 aromatic carbocycles. The van der Waals surface area contributed by atoms with Crippen LogP contribution in [0.15, 0.2) is 53.5 Å². The fraction of sp³-hybridized carbons (Fsp3) is 0.250. The Labute approximate surface area is 166 Å². The number of benzene rings is 2. The van der Waals surface area contributed by atoms with E-state index in [-0.39, 0.29) is 11.9 Å². The molecule has 27 heavy (non-hydrogen) atoms. The van der Waals surface area contributed by atoms with Crippen molar-refractivity contribution in [1.82, 2.24) is 0 Å². The second-order valence-electron chi connectivity index (χ2n) is 6.48. The van der Waals surface area contributed by atoms with Crippen LogP contribution in [0.1, 0.15) is 22.8 Å². The molecule has 1 amide bonds. The Balaban J connectivity index is 1.68. The smallest absolute Gasteiger partial charge is 0.339 e. The lowest BCUT2D eigenvalue weighted by Gasteiger charge is -2.29. The van der Waals surface area contributed by atoms with E-state index in [1.54, 1.807) is 36.4 Å².